The number of aromatic nitrogens is 3. The molecule has 0 N–H and O–H groups in total. The predicted molar refractivity (Wildman–Crippen MR) is 146 cm³/mol. The normalized spacial score (nSPS) is 12.5. The van der Waals surface area contributed by atoms with Crippen LogP contribution in [0, 0.1) is 0 Å². The van der Waals surface area contributed by atoms with E-state index in [1.807, 2.05) is 10.6 Å². The Labute approximate surface area is 205 Å². The highest BCUT2D eigenvalue weighted by atomic mass is 28.3. The van der Waals surface area contributed by atoms with Gasteiger partial charge in [-0.05, 0) is 36.1 Å². The van der Waals surface area contributed by atoms with Crippen LogP contribution in [0.15, 0.2) is 47.5 Å². The zero-order valence-electron chi connectivity index (χ0n) is 21.8. The zero-order chi connectivity index (χ0) is 24.8. The molecular formula is C26H41N3O3Si2. The lowest BCUT2D eigenvalue weighted by Gasteiger charge is -2.16. The number of aryl methyl sites for hydroxylation is 2. The minimum absolute atomic E-state index is 0.0885. The molecule has 2 heterocycles. The molecule has 6 nitrogen and oxygen atoms in total. The van der Waals surface area contributed by atoms with E-state index in [0.29, 0.717) is 13.3 Å². The Morgan fingerprint density at radius 1 is 0.853 bits per heavy atom. The Kier molecular flexibility index (Phi) is 9.09. The average molecular weight is 500 g/mol. The van der Waals surface area contributed by atoms with Crippen LogP contribution in [0.3, 0.4) is 0 Å². The van der Waals surface area contributed by atoms with Gasteiger partial charge in [0.15, 0.2) is 0 Å². The van der Waals surface area contributed by atoms with Gasteiger partial charge in [-0.3, -0.25) is 4.79 Å². The van der Waals surface area contributed by atoms with Gasteiger partial charge in [0, 0.05) is 35.6 Å². The highest BCUT2D eigenvalue weighted by Crippen LogP contribution is 2.20. The Hall–Kier alpha value is -2.01. The molecule has 8 heteroatoms. The lowest BCUT2D eigenvalue weighted by atomic mass is 10.0. The number of fused-ring (bicyclic) bond motifs is 1. The van der Waals surface area contributed by atoms with E-state index in [2.05, 4.69) is 74.8 Å². The first-order valence-electron chi connectivity index (χ1n) is 12.3. The molecule has 3 rings (SSSR count). The fourth-order valence-electron chi connectivity index (χ4n) is 3.70. The summed E-state index contributed by atoms with van der Waals surface area (Å²) in [6, 6.07) is 12.6. The maximum Gasteiger partial charge on any atom is 0.278 e. The van der Waals surface area contributed by atoms with Crippen molar-refractivity contribution in [1.29, 1.82) is 0 Å². The van der Waals surface area contributed by atoms with Gasteiger partial charge in [-0.25, -0.2) is 4.68 Å². The fraction of sp³-hybridized carbons (Fsp3) is 0.538. The molecule has 34 heavy (non-hydrogen) atoms. The molecule has 0 aliphatic carbocycles. The van der Waals surface area contributed by atoms with Gasteiger partial charge in [-0.1, -0.05) is 69.6 Å². The second-order valence-corrected chi connectivity index (χ2v) is 22.8. The molecule has 0 amide bonds. The van der Waals surface area contributed by atoms with Gasteiger partial charge >= 0.3 is 0 Å². The molecule has 0 saturated carbocycles. The third-order valence-corrected chi connectivity index (χ3v) is 9.34. The minimum atomic E-state index is -1.18. The van der Waals surface area contributed by atoms with E-state index in [9.17, 15) is 4.79 Å². The largest absolute Gasteiger partial charge is 0.361 e. The summed E-state index contributed by atoms with van der Waals surface area (Å²) >= 11 is 0. The van der Waals surface area contributed by atoms with Crippen LogP contribution < -0.4 is 5.56 Å². The van der Waals surface area contributed by atoms with Crippen molar-refractivity contribution in [3.63, 3.8) is 0 Å². The van der Waals surface area contributed by atoms with Crippen molar-refractivity contribution >= 4 is 27.1 Å². The van der Waals surface area contributed by atoms with Crippen molar-refractivity contribution in [2.24, 2.45) is 0 Å². The second-order valence-electron chi connectivity index (χ2n) is 11.5. The van der Waals surface area contributed by atoms with Crippen LogP contribution in [0.2, 0.25) is 51.4 Å². The van der Waals surface area contributed by atoms with Crippen molar-refractivity contribution in [2.75, 3.05) is 13.2 Å². The van der Waals surface area contributed by atoms with E-state index in [1.54, 1.807) is 6.20 Å². The van der Waals surface area contributed by atoms with Crippen molar-refractivity contribution < 1.29 is 9.47 Å². The van der Waals surface area contributed by atoms with Crippen molar-refractivity contribution in [3.8, 4) is 0 Å². The van der Waals surface area contributed by atoms with Gasteiger partial charge in [0.25, 0.3) is 5.56 Å². The molecule has 0 unspecified atom stereocenters. The van der Waals surface area contributed by atoms with Crippen LogP contribution in [-0.4, -0.2) is 43.7 Å². The van der Waals surface area contributed by atoms with E-state index in [1.165, 1.54) is 10.2 Å². The summed E-state index contributed by atoms with van der Waals surface area (Å²) in [5.74, 6) is 0. The summed E-state index contributed by atoms with van der Waals surface area (Å²) in [6.45, 7) is 16.0. The molecule has 0 aliphatic rings. The van der Waals surface area contributed by atoms with Gasteiger partial charge in [0.05, 0.1) is 17.1 Å². The molecule has 0 radical (unpaired) electrons. The van der Waals surface area contributed by atoms with Crippen molar-refractivity contribution in [3.05, 3.63) is 64.2 Å². The van der Waals surface area contributed by atoms with E-state index in [4.69, 9.17) is 9.47 Å². The average Bonchev–Trinajstić information content (AvgIpc) is 3.12. The first kappa shape index (κ1) is 26.6. The molecule has 0 spiro atoms. The summed E-state index contributed by atoms with van der Waals surface area (Å²) < 4.78 is 15.3. The minimum Gasteiger partial charge on any atom is -0.361 e. The third-order valence-electron chi connectivity index (χ3n) is 5.93. The molecule has 0 fully saturated rings. The molecule has 3 aromatic rings. The molecular weight excluding hydrogens is 458 g/mol. The van der Waals surface area contributed by atoms with E-state index in [0.717, 1.165) is 48.0 Å². The Balaban J connectivity index is 1.81. The molecule has 0 bridgehead atoms. The van der Waals surface area contributed by atoms with Gasteiger partial charge in [-0.15, -0.1) is 0 Å². The highest BCUT2D eigenvalue weighted by molar-refractivity contribution is 6.76. The molecule has 0 saturated heterocycles. The van der Waals surface area contributed by atoms with Crippen LogP contribution in [-0.2, 0) is 35.8 Å². The first-order chi connectivity index (χ1) is 16.0. The summed E-state index contributed by atoms with van der Waals surface area (Å²) in [7, 11) is -2.33. The van der Waals surface area contributed by atoms with Gasteiger partial charge < -0.3 is 14.0 Å². The molecule has 186 valence electrons. The molecule has 2 aromatic heterocycles. The number of rotatable bonds is 13. The fourth-order valence-corrected chi connectivity index (χ4v) is 5.22. The highest BCUT2D eigenvalue weighted by Gasteiger charge is 2.17. The SMILES string of the molecule is C[Si](C)(C)CCOCn1ncc2c(c(CCc3ccccc3)cn2COCC[Si](C)(C)C)c1=O. The third kappa shape index (κ3) is 8.04. The van der Waals surface area contributed by atoms with Crippen LogP contribution in [0.5, 0.6) is 0 Å². The van der Waals surface area contributed by atoms with Crippen LogP contribution in [0.25, 0.3) is 10.9 Å². The summed E-state index contributed by atoms with van der Waals surface area (Å²) in [5, 5.41) is 5.15. The van der Waals surface area contributed by atoms with Crippen LogP contribution >= 0.6 is 0 Å². The summed E-state index contributed by atoms with van der Waals surface area (Å²) in [4.78, 5) is 13.4. The van der Waals surface area contributed by atoms with Crippen molar-refractivity contribution in [1.82, 2.24) is 14.3 Å². The molecule has 0 atom stereocenters. The van der Waals surface area contributed by atoms with Crippen LogP contribution in [0.4, 0.5) is 0 Å². The number of nitrogens with zero attached hydrogens (tertiary/aromatic N) is 3. The van der Waals surface area contributed by atoms with Gasteiger partial charge in [-0.2, -0.15) is 5.10 Å². The Morgan fingerprint density at radius 3 is 2.09 bits per heavy atom. The zero-order valence-corrected chi connectivity index (χ0v) is 23.8. The van der Waals surface area contributed by atoms with Crippen molar-refractivity contribution in [2.45, 2.75) is 77.7 Å². The second kappa shape index (κ2) is 11.6. The lowest BCUT2D eigenvalue weighted by Crippen LogP contribution is -2.26. The quantitative estimate of drug-likeness (QED) is 0.227. The maximum atomic E-state index is 13.4. The van der Waals surface area contributed by atoms with Gasteiger partial charge in [0.2, 0.25) is 0 Å². The van der Waals surface area contributed by atoms with Crippen LogP contribution in [0.1, 0.15) is 11.1 Å². The van der Waals surface area contributed by atoms with E-state index >= 15 is 0 Å². The van der Waals surface area contributed by atoms with E-state index < -0.39 is 16.1 Å². The summed E-state index contributed by atoms with van der Waals surface area (Å²) in [5.41, 5.74) is 3.04. The lowest BCUT2D eigenvalue weighted by molar-refractivity contribution is 0.0752. The summed E-state index contributed by atoms with van der Waals surface area (Å²) in [6.07, 6.45) is 5.52. The number of hydrogen-bond donors (Lipinski definition) is 0. The molecule has 0 aliphatic heterocycles. The first-order valence-corrected chi connectivity index (χ1v) is 19.7. The van der Waals surface area contributed by atoms with E-state index in [-0.39, 0.29) is 12.3 Å². The molecule has 1 aromatic carbocycles. The smallest absolute Gasteiger partial charge is 0.278 e. The topological polar surface area (TPSA) is 58.3 Å². The monoisotopic (exact) mass is 499 g/mol. The number of ether oxygens (including phenoxy) is 2. The number of benzene rings is 1. The number of hydrogen-bond acceptors (Lipinski definition) is 4. The maximum absolute atomic E-state index is 13.4. The Bertz CT molecular complexity index is 1110. The predicted octanol–water partition coefficient (Wildman–Crippen LogP) is 5.61. The standard InChI is InChI=1S/C26H41N3O3Si2/c1-33(2,3)16-14-31-20-28-19-23(13-12-22-10-8-7-9-11-22)25-24(28)18-27-29(26(25)30)21-32-15-17-34(4,5)6/h7-11,18-19H,12-17,20-21H2,1-6H3. The van der Waals surface area contributed by atoms with Gasteiger partial charge in [0.1, 0.15) is 13.5 Å². The Morgan fingerprint density at radius 2 is 1.47 bits per heavy atom.